The highest BCUT2D eigenvalue weighted by molar-refractivity contribution is 7.93. The number of halogens is 1. The van der Waals surface area contributed by atoms with Crippen LogP contribution < -0.4 is 8.61 Å². The first-order chi connectivity index (χ1) is 14.8. The van der Waals surface area contributed by atoms with Gasteiger partial charge in [0.2, 0.25) is 0 Å². The van der Waals surface area contributed by atoms with Crippen LogP contribution in [-0.4, -0.2) is 28.9 Å². The second kappa shape index (κ2) is 7.12. The van der Waals surface area contributed by atoms with Crippen LogP contribution >= 0.6 is 11.6 Å². The SMILES string of the molecule is O=S(=O)(c1ccccc1)N1c2ccc(Cl)cc2N(S(=O)(=O)c2ccccc2)C2C=CC21. The third-order valence-electron chi connectivity index (χ3n) is 5.41. The monoisotopic (exact) mass is 472 g/mol. The van der Waals surface area contributed by atoms with E-state index in [1.54, 1.807) is 60.7 Å². The van der Waals surface area contributed by atoms with E-state index in [2.05, 4.69) is 0 Å². The fraction of sp³-hybridized carbons (Fsp3) is 0.0909. The van der Waals surface area contributed by atoms with Crippen molar-refractivity contribution in [1.82, 2.24) is 0 Å². The Morgan fingerprint density at radius 1 is 0.613 bits per heavy atom. The molecule has 0 spiro atoms. The van der Waals surface area contributed by atoms with E-state index in [0.29, 0.717) is 5.02 Å². The Morgan fingerprint density at radius 2 is 1.06 bits per heavy atom. The second-order valence-electron chi connectivity index (χ2n) is 7.23. The zero-order valence-electron chi connectivity index (χ0n) is 16.0. The molecule has 5 rings (SSSR count). The molecule has 0 radical (unpaired) electrons. The normalized spacial score (nSPS) is 20.0. The molecule has 0 saturated heterocycles. The predicted octanol–water partition coefficient (Wildman–Crippen LogP) is 4.05. The summed E-state index contributed by atoms with van der Waals surface area (Å²) in [5.41, 5.74) is 0.486. The molecule has 158 valence electrons. The van der Waals surface area contributed by atoms with Crippen LogP contribution in [0.3, 0.4) is 0 Å². The van der Waals surface area contributed by atoms with Gasteiger partial charge in [-0.15, -0.1) is 0 Å². The van der Waals surface area contributed by atoms with Crippen LogP contribution in [0.5, 0.6) is 0 Å². The van der Waals surface area contributed by atoms with Gasteiger partial charge in [0.15, 0.2) is 0 Å². The zero-order valence-corrected chi connectivity index (χ0v) is 18.4. The summed E-state index contributed by atoms with van der Waals surface area (Å²) in [6.45, 7) is 0. The number of fused-ring (bicyclic) bond motifs is 2. The molecule has 0 aromatic heterocycles. The van der Waals surface area contributed by atoms with E-state index in [1.165, 1.54) is 38.9 Å². The Hall–Kier alpha value is -2.81. The van der Waals surface area contributed by atoms with E-state index >= 15 is 0 Å². The van der Waals surface area contributed by atoms with Gasteiger partial charge in [0.05, 0.1) is 33.2 Å². The van der Waals surface area contributed by atoms with Gasteiger partial charge in [-0.1, -0.05) is 60.2 Å². The fourth-order valence-corrected chi connectivity index (χ4v) is 7.39. The lowest BCUT2D eigenvalue weighted by molar-refractivity contribution is 0.544. The Balaban J connectivity index is 1.73. The first-order valence-corrected chi connectivity index (χ1v) is 12.7. The van der Waals surface area contributed by atoms with Crippen molar-refractivity contribution in [1.29, 1.82) is 0 Å². The highest BCUT2D eigenvalue weighted by Crippen LogP contribution is 2.48. The first kappa shape index (κ1) is 20.1. The Kier molecular flexibility index (Phi) is 4.62. The fourth-order valence-electron chi connectivity index (χ4n) is 3.92. The molecule has 2 atom stereocenters. The van der Waals surface area contributed by atoms with Crippen LogP contribution in [-0.2, 0) is 20.0 Å². The molecule has 0 fully saturated rings. The van der Waals surface area contributed by atoms with E-state index < -0.39 is 32.1 Å². The summed E-state index contributed by atoms with van der Waals surface area (Å²) in [6, 6.07) is 19.4. The number of hydrogen-bond donors (Lipinski definition) is 0. The summed E-state index contributed by atoms with van der Waals surface area (Å²) in [6.07, 6.45) is 3.40. The standard InChI is InChI=1S/C22H17ClN2O4S2/c23-16-11-12-21-22(15-16)25(31(28,29)18-9-5-2-6-10-18)20-14-13-19(20)24(21)30(26,27)17-7-3-1-4-8-17/h1-15,19-20H. The second-order valence-corrected chi connectivity index (χ2v) is 11.3. The van der Waals surface area contributed by atoms with Gasteiger partial charge in [-0.3, -0.25) is 8.61 Å². The van der Waals surface area contributed by atoms with E-state index in [9.17, 15) is 16.8 Å². The van der Waals surface area contributed by atoms with Crippen LogP contribution in [0.1, 0.15) is 0 Å². The average molecular weight is 473 g/mol. The Bertz CT molecular complexity index is 1390. The lowest BCUT2D eigenvalue weighted by atomic mass is 9.93. The van der Waals surface area contributed by atoms with Crippen molar-refractivity contribution >= 4 is 43.0 Å². The minimum atomic E-state index is -3.95. The maximum absolute atomic E-state index is 13.6. The maximum Gasteiger partial charge on any atom is 0.265 e. The number of nitrogens with zero attached hydrogens (tertiary/aromatic N) is 2. The summed E-state index contributed by atoms with van der Waals surface area (Å²) in [5, 5.41) is 0.311. The molecule has 6 nitrogen and oxygen atoms in total. The van der Waals surface area contributed by atoms with E-state index in [1.807, 2.05) is 0 Å². The first-order valence-electron chi connectivity index (χ1n) is 9.49. The molecule has 9 heteroatoms. The molecule has 3 aromatic carbocycles. The number of anilines is 2. The minimum Gasteiger partial charge on any atom is -0.255 e. The molecule has 1 heterocycles. The van der Waals surface area contributed by atoms with Gasteiger partial charge in [-0.25, -0.2) is 16.8 Å². The van der Waals surface area contributed by atoms with Crippen molar-refractivity contribution < 1.29 is 16.8 Å². The summed E-state index contributed by atoms with van der Waals surface area (Å²) >= 11 is 6.21. The molecule has 2 unspecified atom stereocenters. The van der Waals surface area contributed by atoms with E-state index in [-0.39, 0.29) is 21.2 Å². The van der Waals surface area contributed by atoms with Crippen LogP contribution in [0.15, 0.2) is 101 Å². The molecule has 1 aliphatic heterocycles. The van der Waals surface area contributed by atoms with Gasteiger partial charge in [0.25, 0.3) is 20.0 Å². The molecule has 0 N–H and O–H groups in total. The average Bonchev–Trinajstić information content (AvgIpc) is 2.75. The van der Waals surface area contributed by atoms with Crippen molar-refractivity contribution in [2.75, 3.05) is 8.61 Å². The molecular weight excluding hydrogens is 456 g/mol. The minimum absolute atomic E-state index is 0.124. The summed E-state index contributed by atoms with van der Waals surface area (Å²) in [5.74, 6) is 0. The van der Waals surface area contributed by atoms with E-state index in [0.717, 1.165) is 0 Å². The smallest absolute Gasteiger partial charge is 0.255 e. The van der Waals surface area contributed by atoms with Crippen LogP contribution in [0.4, 0.5) is 11.4 Å². The van der Waals surface area contributed by atoms with Gasteiger partial charge >= 0.3 is 0 Å². The van der Waals surface area contributed by atoms with Crippen molar-refractivity contribution in [2.45, 2.75) is 21.9 Å². The number of sulfonamides is 2. The topological polar surface area (TPSA) is 74.8 Å². The molecule has 0 bridgehead atoms. The third kappa shape index (κ3) is 3.05. The van der Waals surface area contributed by atoms with Crippen molar-refractivity contribution in [3.05, 3.63) is 96.0 Å². The highest BCUT2D eigenvalue weighted by Gasteiger charge is 2.50. The lowest BCUT2D eigenvalue weighted by Gasteiger charge is -2.50. The van der Waals surface area contributed by atoms with Crippen molar-refractivity contribution in [3.63, 3.8) is 0 Å². The van der Waals surface area contributed by atoms with Gasteiger partial charge < -0.3 is 0 Å². The van der Waals surface area contributed by atoms with Crippen LogP contribution in [0, 0.1) is 0 Å². The van der Waals surface area contributed by atoms with Crippen molar-refractivity contribution in [2.24, 2.45) is 0 Å². The van der Waals surface area contributed by atoms with Crippen LogP contribution in [0.2, 0.25) is 5.02 Å². The Labute approximate surface area is 186 Å². The molecule has 3 aromatic rings. The van der Waals surface area contributed by atoms with Gasteiger partial charge in [-0.05, 0) is 42.5 Å². The lowest BCUT2D eigenvalue weighted by Crippen LogP contribution is -2.61. The quantitative estimate of drug-likeness (QED) is 0.537. The summed E-state index contributed by atoms with van der Waals surface area (Å²) in [4.78, 5) is 0.258. The highest BCUT2D eigenvalue weighted by atomic mass is 35.5. The largest absolute Gasteiger partial charge is 0.265 e. The Morgan fingerprint density at radius 3 is 1.52 bits per heavy atom. The summed E-state index contributed by atoms with van der Waals surface area (Å²) < 4.78 is 56.8. The summed E-state index contributed by atoms with van der Waals surface area (Å²) in [7, 11) is -7.89. The molecule has 2 aliphatic rings. The van der Waals surface area contributed by atoms with Gasteiger partial charge in [-0.2, -0.15) is 0 Å². The van der Waals surface area contributed by atoms with Gasteiger partial charge in [0, 0.05) is 5.02 Å². The van der Waals surface area contributed by atoms with Crippen molar-refractivity contribution in [3.8, 4) is 0 Å². The third-order valence-corrected chi connectivity index (χ3v) is 9.30. The molecule has 1 aliphatic carbocycles. The van der Waals surface area contributed by atoms with Gasteiger partial charge in [0.1, 0.15) is 0 Å². The zero-order chi connectivity index (χ0) is 21.8. The van der Waals surface area contributed by atoms with E-state index in [4.69, 9.17) is 11.6 Å². The molecule has 0 amide bonds. The van der Waals surface area contributed by atoms with Crippen LogP contribution in [0.25, 0.3) is 0 Å². The number of benzene rings is 3. The predicted molar refractivity (Wildman–Crippen MR) is 120 cm³/mol. The number of rotatable bonds is 4. The molecular formula is C22H17ClN2O4S2. The molecule has 0 saturated carbocycles. The maximum atomic E-state index is 13.6. The number of hydrogen-bond acceptors (Lipinski definition) is 4. The molecule has 31 heavy (non-hydrogen) atoms.